The Labute approximate surface area is 142 Å². The fourth-order valence-corrected chi connectivity index (χ4v) is 2.60. The molecule has 1 aromatic carbocycles. The molecule has 0 bridgehead atoms. The molecule has 0 aliphatic carbocycles. The van der Waals surface area contributed by atoms with E-state index >= 15 is 0 Å². The SMILES string of the molecule is CCCN(CCC)C(=O)CN(C(C)=O)c1cccc(Cl)c1Cl. The number of rotatable bonds is 7. The zero-order chi connectivity index (χ0) is 16.7. The molecule has 0 radical (unpaired) electrons. The summed E-state index contributed by atoms with van der Waals surface area (Å²) in [5.74, 6) is -0.333. The lowest BCUT2D eigenvalue weighted by Crippen LogP contribution is -2.43. The Hall–Kier alpha value is -1.26. The van der Waals surface area contributed by atoms with Crippen molar-refractivity contribution in [2.24, 2.45) is 0 Å². The molecule has 2 amide bonds. The van der Waals surface area contributed by atoms with Crippen LogP contribution in [0.4, 0.5) is 5.69 Å². The first-order valence-electron chi connectivity index (χ1n) is 7.42. The van der Waals surface area contributed by atoms with Gasteiger partial charge in [-0.25, -0.2) is 0 Å². The number of amides is 2. The van der Waals surface area contributed by atoms with Gasteiger partial charge in [0.05, 0.1) is 15.7 Å². The topological polar surface area (TPSA) is 40.6 Å². The highest BCUT2D eigenvalue weighted by Gasteiger charge is 2.22. The standard InChI is InChI=1S/C16H22Cl2N2O2/c1-4-9-19(10-5-2)15(22)11-20(12(3)21)14-8-6-7-13(17)16(14)18/h6-8H,4-5,9-11H2,1-3H3. The van der Waals surface area contributed by atoms with E-state index < -0.39 is 0 Å². The average Bonchev–Trinajstić information content (AvgIpc) is 2.47. The van der Waals surface area contributed by atoms with Crippen molar-refractivity contribution in [3.05, 3.63) is 28.2 Å². The van der Waals surface area contributed by atoms with Crippen LogP contribution in [0.3, 0.4) is 0 Å². The molecule has 22 heavy (non-hydrogen) atoms. The van der Waals surface area contributed by atoms with Crippen molar-refractivity contribution in [3.8, 4) is 0 Å². The molecule has 4 nitrogen and oxygen atoms in total. The lowest BCUT2D eigenvalue weighted by molar-refractivity contribution is -0.131. The molecular formula is C16H22Cl2N2O2. The quantitative estimate of drug-likeness (QED) is 0.750. The highest BCUT2D eigenvalue weighted by molar-refractivity contribution is 6.44. The third-order valence-corrected chi connectivity index (χ3v) is 4.04. The number of nitrogens with zero attached hydrogens (tertiary/aromatic N) is 2. The minimum Gasteiger partial charge on any atom is -0.341 e. The maximum absolute atomic E-state index is 12.5. The van der Waals surface area contributed by atoms with Gasteiger partial charge in [0.2, 0.25) is 11.8 Å². The minimum atomic E-state index is -0.245. The lowest BCUT2D eigenvalue weighted by atomic mass is 10.2. The summed E-state index contributed by atoms with van der Waals surface area (Å²) in [5, 5.41) is 0.640. The van der Waals surface area contributed by atoms with Crippen molar-refractivity contribution in [1.82, 2.24) is 4.90 Å². The first-order valence-corrected chi connectivity index (χ1v) is 8.17. The van der Waals surface area contributed by atoms with Crippen LogP contribution in [0.15, 0.2) is 18.2 Å². The molecule has 1 aromatic rings. The van der Waals surface area contributed by atoms with Crippen LogP contribution >= 0.6 is 23.2 Å². The lowest BCUT2D eigenvalue weighted by Gasteiger charge is -2.27. The van der Waals surface area contributed by atoms with E-state index in [4.69, 9.17) is 23.2 Å². The van der Waals surface area contributed by atoms with Gasteiger partial charge in [0.1, 0.15) is 6.54 Å². The molecule has 0 aliphatic rings. The molecule has 0 saturated carbocycles. The Bertz CT molecular complexity index is 529. The van der Waals surface area contributed by atoms with Gasteiger partial charge in [-0.3, -0.25) is 9.59 Å². The maximum Gasteiger partial charge on any atom is 0.242 e. The Morgan fingerprint density at radius 2 is 1.68 bits per heavy atom. The van der Waals surface area contributed by atoms with Gasteiger partial charge >= 0.3 is 0 Å². The van der Waals surface area contributed by atoms with Crippen LogP contribution in [0.5, 0.6) is 0 Å². The monoisotopic (exact) mass is 344 g/mol. The number of hydrogen-bond acceptors (Lipinski definition) is 2. The highest BCUT2D eigenvalue weighted by atomic mass is 35.5. The van der Waals surface area contributed by atoms with Crippen LogP contribution in [0, 0.1) is 0 Å². The first kappa shape index (κ1) is 18.8. The third-order valence-electron chi connectivity index (χ3n) is 3.24. The summed E-state index contributed by atoms with van der Waals surface area (Å²) >= 11 is 12.2. The highest BCUT2D eigenvalue weighted by Crippen LogP contribution is 2.32. The summed E-state index contributed by atoms with van der Waals surface area (Å²) in [6, 6.07) is 5.04. The number of benzene rings is 1. The second kappa shape index (κ2) is 9.01. The molecule has 0 aliphatic heterocycles. The molecule has 1 rings (SSSR count). The van der Waals surface area contributed by atoms with E-state index in [-0.39, 0.29) is 23.4 Å². The van der Waals surface area contributed by atoms with Crippen LogP contribution < -0.4 is 4.90 Å². The largest absolute Gasteiger partial charge is 0.341 e. The van der Waals surface area contributed by atoms with Gasteiger partial charge in [-0.1, -0.05) is 43.1 Å². The number of carbonyl (C=O) groups is 2. The number of halogens is 2. The Morgan fingerprint density at radius 1 is 1.09 bits per heavy atom. The van der Waals surface area contributed by atoms with Crippen LogP contribution in [0.2, 0.25) is 10.0 Å². The Balaban J connectivity index is 2.99. The van der Waals surface area contributed by atoms with Gasteiger partial charge in [-0.15, -0.1) is 0 Å². The normalized spacial score (nSPS) is 10.4. The van der Waals surface area contributed by atoms with Crippen LogP contribution in [0.25, 0.3) is 0 Å². The molecule has 0 heterocycles. The van der Waals surface area contributed by atoms with Gasteiger partial charge < -0.3 is 9.80 Å². The van der Waals surface area contributed by atoms with Crippen LogP contribution in [0.1, 0.15) is 33.6 Å². The van der Waals surface area contributed by atoms with E-state index in [1.165, 1.54) is 11.8 Å². The fourth-order valence-electron chi connectivity index (χ4n) is 2.20. The van der Waals surface area contributed by atoms with E-state index in [0.717, 1.165) is 12.8 Å². The predicted octanol–water partition coefficient (Wildman–Crippen LogP) is 3.99. The third kappa shape index (κ3) is 4.89. The summed E-state index contributed by atoms with van der Waals surface area (Å²) in [6.07, 6.45) is 1.76. The van der Waals surface area contributed by atoms with Gasteiger partial charge in [-0.05, 0) is 25.0 Å². The molecule has 122 valence electrons. The Kier molecular flexibility index (Phi) is 7.69. The van der Waals surface area contributed by atoms with Crippen molar-refractivity contribution < 1.29 is 9.59 Å². The van der Waals surface area contributed by atoms with E-state index in [1.54, 1.807) is 23.1 Å². The summed E-state index contributed by atoms with van der Waals surface area (Å²) in [5.41, 5.74) is 0.461. The van der Waals surface area contributed by atoms with E-state index in [9.17, 15) is 9.59 Å². The molecule has 0 fully saturated rings. The van der Waals surface area contributed by atoms with Crippen LogP contribution in [-0.4, -0.2) is 36.3 Å². The zero-order valence-corrected chi connectivity index (χ0v) is 14.7. The molecule has 0 N–H and O–H groups in total. The molecule has 0 atom stereocenters. The van der Waals surface area contributed by atoms with Gasteiger partial charge in [-0.2, -0.15) is 0 Å². The van der Waals surface area contributed by atoms with Gasteiger partial charge in [0.25, 0.3) is 0 Å². The first-order chi connectivity index (χ1) is 10.4. The van der Waals surface area contributed by atoms with Gasteiger partial charge in [0.15, 0.2) is 0 Å². The second-order valence-electron chi connectivity index (χ2n) is 5.06. The summed E-state index contributed by atoms with van der Waals surface area (Å²) in [7, 11) is 0. The Morgan fingerprint density at radius 3 is 2.18 bits per heavy atom. The number of hydrogen-bond donors (Lipinski definition) is 0. The van der Waals surface area contributed by atoms with E-state index in [1.807, 2.05) is 13.8 Å². The van der Waals surface area contributed by atoms with Crippen molar-refractivity contribution in [3.63, 3.8) is 0 Å². The molecule has 0 aromatic heterocycles. The summed E-state index contributed by atoms with van der Waals surface area (Å²) in [4.78, 5) is 27.5. The van der Waals surface area contributed by atoms with Crippen molar-refractivity contribution >= 4 is 40.7 Å². The smallest absolute Gasteiger partial charge is 0.242 e. The summed E-state index contributed by atoms with van der Waals surface area (Å²) in [6.45, 7) is 6.78. The molecular weight excluding hydrogens is 323 g/mol. The predicted molar refractivity (Wildman–Crippen MR) is 91.7 cm³/mol. The minimum absolute atomic E-state index is 0.0323. The van der Waals surface area contributed by atoms with Crippen molar-refractivity contribution in [1.29, 1.82) is 0 Å². The van der Waals surface area contributed by atoms with Crippen molar-refractivity contribution in [2.45, 2.75) is 33.6 Å². The molecule has 0 spiro atoms. The van der Waals surface area contributed by atoms with Crippen molar-refractivity contribution in [2.75, 3.05) is 24.5 Å². The van der Waals surface area contributed by atoms with Crippen LogP contribution in [-0.2, 0) is 9.59 Å². The zero-order valence-electron chi connectivity index (χ0n) is 13.2. The molecule has 0 unspecified atom stereocenters. The second-order valence-corrected chi connectivity index (χ2v) is 5.84. The molecule has 0 saturated heterocycles. The fraction of sp³-hybridized carbons (Fsp3) is 0.500. The van der Waals surface area contributed by atoms with E-state index in [2.05, 4.69) is 0 Å². The molecule has 6 heteroatoms. The average molecular weight is 345 g/mol. The summed E-state index contributed by atoms with van der Waals surface area (Å²) < 4.78 is 0. The number of carbonyl (C=O) groups excluding carboxylic acids is 2. The van der Waals surface area contributed by atoms with E-state index in [0.29, 0.717) is 23.8 Å². The number of anilines is 1. The van der Waals surface area contributed by atoms with Gasteiger partial charge in [0, 0.05) is 20.0 Å². The maximum atomic E-state index is 12.5.